The van der Waals surface area contributed by atoms with Crippen molar-refractivity contribution in [3.8, 4) is 0 Å². The monoisotopic (exact) mass is 272 g/mol. The van der Waals surface area contributed by atoms with Crippen LogP contribution in [0.4, 0.5) is 5.95 Å². The molecule has 3 rings (SSSR count). The van der Waals surface area contributed by atoms with Crippen molar-refractivity contribution in [2.75, 3.05) is 5.73 Å². The van der Waals surface area contributed by atoms with Crippen LogP contribution in [0.15, 0.2) is 36.7 Å². The minimum absolute atomic E-state index is 0.511. The SMILES string of the molecule is Cc1cnc(N)n1Cc1ccc(Cl)c2cccnc12. The highest BCUT2D eigenvalue weighted by Crippen LogP contribution is 2.26. The Balaban J connectivity index is 2.14. The molecule has 4 nitrogen and oxygen atoms in total. The average Bonchev–Trinajstić information content (AvgIpc) is 2.74. The Morgan fingerprint density at radius 3 is 2.84 bits per heavy atom. The van der Waals surface area contributed by atoms with E-state index in [1.54, 1.807) is 12.4 Å². The lowest BCUT2D eigenvalue weighted by molar-refractivity contribution is 0.786. The van der Waals surface area contributed by atoms with E-state index in [4.69, 9.17) is 17.3 Å². The van der Waals surface area contributed by atoms with Gasteiger partial charge in [-0.15, -0.1) is 0 Å². The van der Waals surface area contributed by atoms with Gasteiger partial charge in [0, 0.05) is 22.3 Å². The molecule has 2 N–H and O–H groups in total. The number of aromatic nitrogens is 3. The summed E-state index contributed by atoms with van der Waals surface area (Å²) >= 11 is 6.19. The minimum Gasteiger partial charge on any atom is -0.369 e. The van der Waals surface area contributed by atoms with Gasteiger partial charge in [-0.2, -0.15) is 0 Å². The summed E-state index contributed by atoms with van der Waals surface area (Å²) in [5, 5.41) is 1.67. The number of aryl methyl sites for hydroxylation is 1. The molecule has 0 saturated heterocycles. The number of nitrogens with zero attached hydrogens (tertiary/aromatic N) is 3. The maximum atomic E-state index is 6.19. The summed E-state index contributed by atoms with van der Waals surface area (Å²) in [7, 11) is 0. The topological polar surface area (TPSA) is 56.7 Å². The Bertz CT molecular complexity index is 729. The van der Waals surface area contributed by atoms with Crippen molar-refractivity contribution in [2.45, 2.75) is 13.5 Å². The smallest absolute Gasteiger partial charge is 0.200 e. The second kappa shape index (κ2) is 4.55. The van der Waals surface area contributed by atoms with Gasteiger partial charge in [-0.3, -0.25) is 4.98 Å². The van der Waals surface area contributed by atoms with Gasteiger partial charge < -0.3 is 10.3 Å². The first-order chi connectivity index (χ1) is 9.16. The fourth-order valence-corrected chi connectivity index (χ4v) is 2.40. The van der Waals surface area contributed by atoms with E-state index in [1.807, 2.05) is 35.8 Å². The largest absolute Gasteiger partial charge is 0.369 e. The molecule has 0 spiro atoms. The third-order valence-electron chi connectivity index (χ3n) is 3.21. The van der Waals surface area contributed by atoms with E-state index in [-0.39, 0.29) is 0 Å². The maximum Gasteiger partial charge on any atom is 0.200 e. The minimum atomic E-state index is 0.511. The Morgan fingerprint density at radius 1 is 1.26 bits per heavy atom. The molecular formula is C14H13ClN4. The van der Waals surface area contributed by atoms with Crippen molar-refractivity contribution < 1.29 is 0 Å². The molecule has 0 unspecified atom stereocenters. The van der Waals surface area contributed by atoms with Crippen molar-refractivity contribution in [1.82, 2.24) is 14.5 Å². The van der Waals surface area contributed by atoms with Crippen LogP contribution in [0.25, 0.3) is 10.9 Å². The Labute approximate surface area is 115 Å². The molecule has 0 aliphatic rings. The zero-order chi connectivity index (χ0) is 13.4. The van der Waals surface area contributed by atoms with Crippen molar-refractivity contribution in [3.05, 3.63) is 52.9 Å². The number of rotatable bonds is 2. The molecule has 3 aromatic rings. The molecule has 0 amide bonds. The molecule has 0 saturated carbocycles. The lowest BCUT2D eigenvalue weighted by atomic mass is 10.1. The average molecular weight is 273 g/mol. The zero-order valence-corrected chi connectivity index (χ0v) is 11.2. The van der Waals surface area contributed by atoms with E-state index in [0.717, 1.165) is 22.2 Å². The first-order valence-corrected chi connectivity index (χ1v) is 6.34. The second-order valence-corrected chi connectivity index (χ2v) is 4.86. The summed E-state index contributed by atoms with van der Waals surface area (Å²) in [6.07, 6.45) is 3.53. The number of hydrogen-bond acceptors (Lipinski definition) is 3. The van der Waals surface area contributed by atoms with Crippen molar-refractivity contribution >= 4 is 28.5 Å². The van der Waals surface area contributed by atoms with Gasteiger partial charge in [-0.25, -0.2) is 4.98 Å². The number of fused-ring (bicyclic) bond motifs is 1. The van der Waals surface area contributed by atoms with E-state index in [2.05, 4.69) is 9.97 Å². The van der Waals surface area contributed by atoms with Crippen LogP contribution in [0.5, 0.6) is 0 Å². The van der Waals surface area contributed by atoms with Gasteiger partial charge in [0.25, 0.3) is 0 Å². The van der Waals surface area contributed by atoms with Crippen LogP contribution in [-0.4, -0.2) is 14.5 Å². The molecule has 0 aliphatic carbocycles. The Hall–Kier alpha value is -2.07. The highest BCUT2D eigenvalue weighted by atomic mass is 35.5. The Kier molecular flexibility index (Phi) is 2.87. The standard InChI is InChI=1S/C14H13ClN4/c1-9-7-18-14(16)19(9)8-10-4-5-12(15)11-3-2-6-17-13(10)11/h2-7H,8H2,1H3,(H2,16,18). The van der Waals surface area contributed by atoms with Gasteiger partial charge in [-0.1, -0.05) is 17.7 Å². The van der Waals surface area contributed by atoms with E-state index in [9.17, 15) is 0 Å². The number of hydrogen-bond donors (Lipinski definition) is 1. The molecule has 2 heterocycles. The number of benzene rings is 1. The van der Waals surface area contributed by atoms with Crippen LogP contribution >= 0.6 is 11.6 Å². The molecule has 0 aliphatic heterocycles. The summed E-state index contributed by atoms with van der Waals surface area (Å²) in [5.41, 5.74) is 8.87. The second-order valence-electron chi connectivity index (χ2n) is 4.45. The van der Waals surface area contributed by atoms with Crippen LogP contribution in [-0.2, 0) is 6.54 Å². The van der Waals surface area contributed by atoms with Crippen LogP contribution < -0.4 is 5.73 Å². The quantitative estimate of drug-likeness (QED) is 0.780. The summed E-state index contributed by atoms with van der Waals surface area (Å²) < 4.78 is 1.96. The summed E-state index contributed by atoms with van der Waals surface area (Å²) in [6.45, 7) is 2.62. The van der Waals surface area contributed by atoms with Crippen LogP contribution in [0.3, 0.4) is 0 Å². The Morgan fingerprint density at radius 2 is 2.11 bits per heavy atom. The summed E-state index contributed by atoms with van der Waals surface area (Å²) in [4.78, 5) is 8.53. The predicted octanol–water partition coefficient (Wildman–Crippen LogP) is 3.02. The van der Waals surface area contributed by atoms with E-state index >= 15 is 0 Å². The van der Waals surface area contributed by atoms with Gasteiger partial charge in [0.15, 0.2) is 0 Å². The number of halogens is 1. The molecule has 96 valence electrons. The van der Waals surface area contributed by atoms with Gasteiger partial charge >= 0.3 is 0 Å². The number of pyridine rings is 1. The normalized spacial score (nSPS) is 11.1. The fourth-order valence-electron chi connectivity index (χ4n) is 2.18. The molecule has 0 fully saturated rings. The molecule has 0 atom stereocenters. The lowest BCUT2D eigenvalue weighted by Crippen LogP contribution is -2.07. The zero-order valence-electron chi connectivity index (χ0n) is 10.5. The molecule has 0 radical (unpaired) electrons. The van der Waals surface area contributed by atoms with Crippen molar-refractivity contribution in [2.24, 2.45) is 0 Å². The molecule has 19 heavy (non-hydrogen) atoms. The highest BCUT2D eigenvalue weighted by Gasteiger charge is 2.09. The van der Waals surface area contributed by atoms with E-state index < -0.39 is 0 Å². The lowest BCUT2D eigenvalue weighted by Gasteiger charge is -2.10. The van der Waals surface area contributed by atoms with E-state index in [1.165, 1.54) is 0 Å². The third-order valence-corrected chi connectivity index (χ3v) is 3.54. The highest BCUT2D eigenvalue weighted by molar-refractivity contribution is 6.35. The molecule has 1 aromatic carbocycles. The number of nitrogen functional groups attached to an aromatic ring is 1. The number of imidazole rings is 1. The van der Waals surface area contributed by atoms with Crippen LogP contribution in [0, 0.1) is 6.92 Å². The number of nitrogens with two attached hydrogens (primary N) is 1. The molecule has 2 aromatic heterocycles. The van der Waals surface area contributed by atoms with Gasteiger partial charge in [0.1, 0.15) is 0 Å². The van der Waals surface area contributed by atoms with Crippen molar-refractivity contribution in [3.63, 3.8) is 0 Å². The molecule has 5 heteroatoms. The molecular weight excluding hydrogens is 260 g/mol. The fraction of sp³-hybridized carbons (Fsp3) is 0.143. The first-order valence-electron chi connectivity index (χ1n) is 5.96. The van der Waals surface area contributed by atoms with Gasteiger partial charge in [0.05, 0.1) is 18.3 Å². The third kappa shape index (κ3) is 2.04. The summed E-state index contributed by atoms with van der Waals surface area (Å²) in [5.74, 6) is 0.511. The number of anilines is 1. The van der Waals surface area contributed by atoms with Crippen molar-refractivity contribution in [1.29, 1.82) is 0 Å². The summed E-state index contributed by atoms with van der Waals surface area (Å²) in [6, 6.07) is 7.73. The molecule has 0 bridgehead atoms. The van der Waals surface area contributed by atoms with Gasteiger partial charge in [-0.05, 0) is 30.7 Å². The van der Waals surface area contributed by atoms with Crippen LogP contribution in [0.1, 0.15) is 11.3 Å². The van der Waals surface area contributed by atoms with Crippen LogP contribution in [0.2, 0.25) is 5.02 Å². The predicted molar refractivity (Wildman–Crippen MR) is 77.2 cm³/mol. The van der Waals surface area contributed by atoms with Gasteiger partial charge in [0.2, 0.25) is 5.95 Å². The maximum absolute atomic E-state index is 6.19. The first kappa shape index (κ1) is 12.0. The van der Waals surface area contributed by atoms with E-state index in [0.29, 0.717) is 17.5 Å².